The van der Waals surface area contributed by atoms with Crippen molar-refractivity contribution < 1.29 is 13.5 Å². The molecule has 1 aliphatic rings. The zero-order valence-electron chi connectivity index (χ0n) is 16.7. The van der Waals surface area contributed by atoms with Crippen molar-refractivity contribution in [1.29, 1.82) is 0 Å². The van der Waals surface area contributed by atoms with E-state index in [0.29, 0.717) is 24.5 Å². The highest BCUT2D eigenvalue weighted by Crippen LogP contribution is 2.35. The van der Waals surface area contributed by atoms with Crippen molar-refractivity contribution >= 4 is 0 Å². The first-order valence-electron chi connectivity index (χ1n) is 10.7. The summed E-state index contributed by atoms with van der Waals surface area (Å²) in [5, 5.41) is 0. The van der Waals surface area contributed by atoms with E-state index < -0.39 is 11.6 Å². The highest BCUT2D eigenvalue weighted by molar-refractivity contribution is 5.31. The van der Waals surface area contributed by atoms with Crippen molar-refractivity contribution in [2.45, 2.75) is 90.9 Å². The molecule has 1 saturated carbocycles. The number of unbranched alkanes of at least 4 members (excludes halogenated alkanes) is 4. The summed E-state index contributed by atoms with van der Waals surface area (Å²) < 4.78 is 33.3. The molecule has 0 aromatic heterocycles. The van der Waals surface area contributed by atoms with Crippen molar-refractivity contribution in [2.75, 3.05) is 6.61 Å². The number of benzene rings is 1. The van der Waals surface area contributed by atoms with Crippen molar-refractivity contribution in [3.63, 3.8) is 0 Å². The molecule has 0 unspecified atom stereocenters. The molecule has 1 nitrogen and oxygen atoms in total. The smallest absolute Gasteiger partial charge is 0.200 e. The summed E-state index contributed by atoms with van der Waals surface area (Å²) in [5.74, 6) is 0.0222. The average molecular weight is 367 g/mol. The molecule has 1 aromatic rings. The quantitative estimate of drug-likeness (QED) is 0.369. The van der Waals surface area contributed by atoms with E-state index in [1.54, 1.807) is 19.1 Å². The molecule has 1 aliphatic carbocycles. The third kappa shape index (κ3) is 6.55. The molecule has 0 saturated heterocycles. The molecule has 0 N–H and O–H groups in total. The van der Waals surface area contributed by atoms with Gasteiger partial charge < -0.3 is 4.74 Å². The van der Waals surface area contributed by atoms with Gasteiger partial charge in [-0.15, -0.1) is 0 Å². The van der Waals surface area contributed by atoms with E-state index in [0.717, 1.165) is 12.3 Å². The number of rotatable bonds is 11. The summed E-state index contributed by atoms with van der Waals surface area (Å²) in [6.07, 6.45) is 14.9. The fourth-order valence-corrected chi connectivity index (χ4v) is 4.24. The second kappa shape index (κ2) is 11.6. The molecule has 26 heavy (non-hydrogen) atoms. The van der Waals surface area contributed by atoms with E-state index in [1.807, 2.05) is 0 Å². The van der Waals surface area contributed by atoms with Crippen LogP contribution in [0.5, 0.6) is 5.75 Å². The molecule has 0 spiro atoms. The molecule has 0 bridgehead atoms. The molecular formula is C23H36F2O. The van der Waals surface area contributed by atoms with Gasteiger partial charge in [0.2, 0.25) is 5.82 Å². The largest absolute Gasteiger partial charge is 0.491 e. The van der Waals surface area contributed by atoms with Gasteiger partial charge in [-0.05, 0) is 43.2 Å². The van der Waals surface area contributed by atoms with Crippen LogP contribution in [0.25, 0.3) is 0 Å². The molecule has 1 fully saturated rings. The summed E-state index contributed by atoms with van der Waals surface area (Å²) in [6, 6.07) is 3.25. The van der Waals surface area contributed by atoms with Gasteiger partial charge in [0.05, 0.1) is 6.61 Å². The van der Waals surface area contributed by atoms with Crippen LogP contribution in [0.2, 0.25) is 0 Å². The monoisotopic (exact) mass is 366 g/mol. The Balaban J connectivity index is 1.69. The summed E-state index contributed by atoms with van der Waals surface area (Å²) in [7, 11) is 0. The van der Waals surface area contributed by atoms with E-state index in [4.69, 9.17) is 4.74 Å². The predicted molar refractivity (Wildman–Crippen MR) is 105 cm³/mol. The fraction of sp³-hybridized carbons (Fsp3) is 0.739. The standard InChI is InChI=1S/C23H36F2O/c1-3-5-6-7-8-9-18-10-12-19(13-11-18)14-15-20-16-17-21(26-4-2)23(25)22(20)24/h16-19H,3-15H2,1-2H3. The average Bonchev–Trinajstić information content (AvgIpc) is 2.66. The van der Waals surface area contributed by atoms with Crippen LogP contribution in [0.15, 0.2) is 12.1 Å². The zero-order chi connectivity index (χ0) is 18.8. The zero-order valence-corrected chi connectivity index (χ0v) is 16.7. The van der Waals surface area contributed by atoms with Crippen LogP contribution < -0.4 is 4.74 Å². The Morgan fingerprint density at radius 2 is 1.50 bits per heavy atom. The first-order valence-corrected chi connectivity index (χ1v) is 10.7. The van der Waals surface area contributed by atoms with Gasteiger partial charge in [0.1, 0.15) is 0 Å². The van der Waals surface area contributed by atoms with Crippen LogP contribution >= 0.6 is 0 Å². The molecule has 0 atom stereocenters. The van der Waals surface area contributed by atoms with Crippen molar-refractivity contribution in [3.05, 3.63) is 29.3 Å². The Morgan fingerprint density at radius 3 is 2.15 bits per heavy atom. The van der Waals surface area contributed by atoms with E-state index >= 15 is 0 Å². The highest BCUT2D eigenvalue weighted by atomic mass is 19.2. The van der Waals surface area contributed by atoms with Gasteiger partial charge in [-0.1, -0.05) is 77.2 Å². The Bertz CT molecular complexity index is 521. The Morgan fingerprint density at radius 1 is 0.846 bits per heavy atom. The van der Waals surface area contributed by atoms with Gasteiger partial charge in [-0.3, -0.25) is 0 Å². The van der Waals surface area contributed by atoms with Crippen LogP contribution in [-0.2, 0) is 6.42 Å². The molecule has 2 rings (SSSR count). The van der Waals surface area contributed by atoms with Gasteiger partial charge in [-0.25, -0.2) is 4.39 Å². The SMILES string of the molecule is CCCCCCCC1CCC(CCc2ccc(OCC)c(F)c2F)CC1. The normalized spacial score (nSPS) is 20.3. The van der Waals surface area contributed by atoms with E-state index in [9.17, 15) is 8.78 Å². The van der Waals surface area contributed by atoms with Crippen LogP contribution in [0.1, 0.15) is 90.0 Å². The fourth-order valence-electron chi connectivity index (χ4n) is 4.24. The lowest BCUT2D eigenvalue weighted by Crippen LogP contribution is -2.15. The van der Waals surface area contributed by atoms with E-state index in [-0.39, 0.29) is 5.75 Å². The van der Waals surface area contributed by atoms with Gasteiger partial charge in [0.15, 0.2) is 11.6 Å². The molecular weight excluding hydrogens is 330 g/mol. The topological polar surface area (TPSA) is 9.23 Å². The lowest BCUT2D eigenvalue weighted by Gasteiger charge is -2.28. The third-order valence-electron chi connectivity index (χ3n) is 5.93. The Labute approximate surface area is 158 Å². The maximum Gasteiger partial charge on any atom is 0.200 e. The minimum absolute atomic E-state index is 0.0215. The van der Waals surface area contributed by atoms with Crippen LogP contribution in [-0.4, -0.2) is 6.61 Å². The minimum atomic E-state index is -0.837. The van der Waals surface area contributed by atoms with Gasteiger partial charge in [-0.2, -0.15) is 4.39 Å². The number of ether oxygens (including phenoxy) is 1. The second-order valence-electron chi connectivity index (χ2n) is 7.91. The van der Waals surface area contributed by atoms with Crippen molar-refractivity contribution in [2.24, 2.45) is 11.8 Å². The maximum atomic E-state index is 14.2. The summed E-state index contributed by atoms with van der Waals surface area (Å²) in [6.45, 7) is 4.37. The van der Waals surface area contributed by atoms with E-state index in [2.05, 4.69) is 6.92 Å². The first kappa shape index (κ1) is 21.2. The second-order valence-corrected chi connectivity index (χ2v) is 7.91. The van der Waals surface area contributed by atoms with Crippen molar-refractivity contribution in [3.8, 4) is 5.75 Å². The number of hydrogen-bond donors (Lipinski definition) is 0. The molecule has 148 valence electrons. The van der Waals surface area contributed by atoms with Crippen LogP contribution in [0.4, 0.5) is 8.78 Å². The molecule has 0 aliphatic heterocycles. The minimum Gasteiger partial charge on any atom is -0.491 e. The number of hydrogen-bond acceptors (Lipinski definition) is 1. The first-order chi connectivity index (χ1) is 12.7. The summed E-state index contributed by atoms with van der Waals surface area (Å²) in [5.41, 5.74) is 0.490. The number of halogens is 2. The molecule has 3 heteroatoms. The van der Waals surface area contributed by atoms with Gasteiger partial charge in [0, 0.05) is 0 Å². The third-order valence-corrected chi connectivity index (χ3v) is 5.93. The summed E-state index contributed by atoms with van der Waals surface area (Å²) in [4.78, 5) is 0. The van der Waals surface area contributed by atoms with E-state index in [1.165, 1.54) is 64.2 Å². The highest BCUT2D eigenvalue weighted by Gasteiger charge is 2.22. The maximum absolute atomic E-state index is 14.2. The van der Waals surface area contributed by atoms with Crippen LogP contribution in [0, 0.1) is 23.5 Å². The van der Waals surface area contributed by atoms with Gasteiger partial charge >= 0.3 is 0 Å². The molecule has 0 radical (unpaired) electrons. The van der Waals surface area contributed by atoms with Crippen molar-refractivity contribution in [1.82, 2.24) is 0 Å². The predicted octanol–water partition coefficient (Wildman–Crippen LogP) is 7.46. The Kier molecular flexibility index (Phi) is 9.42. The van der Waals surface area contributed by atoms with Gasteiger partial charge in [0.25, 0.3) is 0 Å². The molecule has 0 amide bonds. The lowest BCUT2D eigenvalue weighted by molar-refractivity contribution is 0.248. The molecule has 1 aromatic carbocycles. The summed E-state index contributed by atoms with van der Waals surface area (Å²) >= 11 is 0. The lowest BCUT2D eigenvalue weighted by atomic mass is 9.77. The molecule has 0 heterocycles. The number of aryl methyl sites for hydroxylation is 1. The Hall–Kier alpha value is -1.12. The van der Waals surface area contributed by atoms with Crippen LogP contribution in [0.3, 0.4) is 0 Å².